The second-order valence-corrected chi connectivity index (χ2v) is 5.43. The van der Waals surface area contributed by atoms with E-state index in [1.807, 2.05) is 31.1 Å². The highest BCUT2D eigenvalue weighted by molar-refractivity contribution is 7.15. The molecular weight excluding hydrogens is 256 g/mol. The van der Waals surface area contributed by atoms with Crippen LogP contribution in [0.1, 0.15) is 5.01 Å². The lowest BCUT2D eigenvalue weighted by molar-refractivity contribution is 1.04. The van der Waals surface area contributed by atoms with Gasteiger partial charge in [0.25, 0.3) is 0 Å². The summed E-state index contributed by atoms with van der Waals surface area (Å²) >= 11 is 7.31. The Bertz CT molecular complexity index is 498. The summed E-state index contributed by atoms with van der Waals surface area (Å²) in [4.78, 5) is 10.5. The first-order valence-electron chi connectivity index (χ1n) is 5.13. The van der Waals surface area contributed by atoms with Crippen molar-refractivity contribution >= 4 is 34.4 Å². The Balaban J connectivity index is 2.08. The first kappa shape index (κ1) is 12.1. The third kappa shape index (κ3) is 3.08. The molecule has 1 N–H and O–H groups in total. The number of pyridine rings is 1. The van der Waals surface area contributed by atoms with Gasteiger partial charge in [-0.1, -0.05) is 11.6 Å². The molecule has 0 amide bonds. The maximum absolute atomic E-state index is 5.83. The van der Waals surface area contributed by atoms with Crippen LogP contribution < -0.4 is 10.2 Å². The van der Waals surface area contributed by atoms with E-state index in [0.29, 0.717) is 10.9 Å². The Morgan fingerprint density at radius 1 is 1.41 bits per heavy atom. The number of thiazole rings is 1. The largest absolute Gasteiger partial charge is 0.376 e. The van der Waals surface area contributed by atoms with Crippen LogP contribution in [0.15, 0.2) is 24.5 Å². The van der Waals surface area contributed by atoms with E-state index in [-0.39, 0.29) is 0 Å². The molecule has 0 aromatic carbocycles. The van der Waals surface area contributed by atoms with Crippen LogP contribution in [0, 0.1) is 0 Å². The van der Waals surface area contributed by atoms with E-state index in [2.05, 4.69) is 15.3 Å². The van der Waals surface area contributed by atoms with E-state index in [0.717, 1.165) is 16.5 Å². The van der Waals surface area contributed by atoms with E-state index >= 15 is 0 Å². The normalized spacial score (nSPS) is 10.3. The second-order valence-electron chi connectivity index (χ2n) is 3.68. The van der Waals surface area contributed by atoms with E-state index < -0.39 is 0 Å². The number of nitrogens with one attached hydrogen (secondary N) is 1. The quantitative estimate of drug-likeness (QED) is 0.926. The molecule has 2 aromatic heterocycles. The van der Waals surface area contributed by atoms with Gasteiger partial charge in [-0.05, 0) is 12.1 Å². The van der Waals surface area contributed by atoms with Crippen LogP contribution >= 0.6 is 22.9 Å². The number of rotatable bonds is 4. The molecule has 17 heavy (non-hydrogen) atoms. The minimum Gasteiger partial charge on any atom is -0.376 e. The van der Waals surface area contributed by atoms with E-state index in [1.165, 1.54) is 11.3 Å². The van der Waals surface area contributed by atoms with Crippen LogP contribution in [0.25, 0.3) is 0 Å². The minimum atomic E-state index is 0.657. The molecule has 0 spiro atoms. The molecule has 0 bridgehead atoms. The predicted molar refractivity (Wildman–Crippen MR) is 73.0 cm³/mol. The van der Waals surface area contributed by atoms with Crippen molar-refractivity contribution in [2.45, 2.75) is 6.54 Å². The molecule has 90 valence electrons. The lowest BCUT2D eigenvalue weighted by atomic mass is 10.3. The maximum Gasteiger partial charge on any atom is 0.151 e. The summed E-state index contributed by atoms with van der Waals surface area (Å²) in [5, 5.41) is 4.27. The Morgan fingerprint density at radius 3 is 2.88 bits per heavy atom. The smallest absolute Gasteiger partial charge is 0.151 e. The van der Waals surface area contributed by atoms with Gasteiger partial charge >= 0.3 is 0 Å². The first-order valence-corrected chi connectivity index (χ1v) is 6.32. The third-order valence-corrected chi connectivity index (χ3v) is 3.28. The maximum atomic E-state index is 5.83. The summed E-state index contributed by atoms with van der Waals surface area (Å²) in [7, 11) is 3.93. The number of nitrogens with zero attached hydrogens (tertiary/aromatic N) is 3. The molecular formula is C11H13ClN4S. The highest BCUT2D eigenvalue weighted by Crippen LogP contribution is 2.23. The average molecular weight is 269 g/mol. The van der Waals surface area contributed by atoms with Gasteiger partial charge in [-0.3, -0.25) is 0 Å². The topological polar surface area (TPSA) is 41.1 Å². The van der Waals surface area contributed by atoms with Gasteiger partial charge in [-0.2, -0.15) is 0 Å². The van der Waals surface area contributed by atoms with Crippen LogP contribution in [0.2, 0.25) is 4.34 Å². The Labute approximate surface area is 109 Å². The Kier molecular flexibility index (Phi) is 3.81. The van der Waals surface area contributed by atoms with Crippen molar-refractivity contribution in [3.8, 4) is 0 Å². The molecule has 0 saturated heterocycles. The van der Waals surface area contributed by atoms with E-state index in [9.17, 15) is 0 Å². The molecule has 0 aliphatic rings. The molecule has 0 saturated carbocycles. The molecule has 0 radical (unpaired) electrons. The highest BCUT2D eigenvalue weighted by atomic mass is 35.5. The van der Waals surface area contributed by atoms with Crippen molar-refractivity contribution < 1.29 is 0 Å². The van der Waals surface area contributed by atoms with Crippen LogP contribution in [0.3, 0.4) is 0 Å². The molecule has 2 aromatic rings. The summed E-state index contributed by atoms with van der Waals surface area (Å²) in [6.07, 6.45) is 3.44. The van der Waals surface area contributed by atoms with Crippen LogP contribution in [-0.2, 0) is 6.54 Å². The Morgan fingerprint density at radius 2 is 2.24 bits per heavy atom. The number of aromatic nitrogens is 2. The monoisotopic (exact) mass is 268 g/mol. The number of hydrogen-bond acceptors (Lipinski definition) is 5. The van der Waals surface area contributed by atoms with Crippen molar-refractivity contribution in [3.05, 3.63) is 33.9 Å². The summed E-state index contributed by atoms with van der Waals surface area (Å²) < 4.78 is 0.709. The van der Waals surface area contributed by atoms with E-state index in [4.69, 9.17) is 11.6 Å². The first-order chi connectivity index (χ1) is 8.16. The summed E-state index contributed by atoms with van der Waals surface area (Å²) in [6, 6.07) is 3.90. The fourth-order valence-electron chi connectivity index (χ4n) is 1.43. The lowest BCUT2D eigenvalue weighted by Gasteiger charge is -2.16. The van der Waals surface area contributed by atoms with Crippen LogP contribution in [0.4, 0.5) is 11.5 Å². The van der Waals surface area contributed by atoms with Crippen LogP contribution in [-0.4, -0.2) is 24.1 Å². The fraction of sp³-hybridized carbons (Fsp3) is 0.273. The summed E-state index contributed by atoms with van der Waals surface area (Å²) in [5.41, 5.74) is 0.990. The lowest BCUT2D eigenvalue weighted by Crippen LogP contribution is -2.13. The molecule has 0 aliphatic carbocycles. The van der Waals surface area contributed by atoms with Crippen molar-refractivity contribution in [1.82, 2.24) is 9.97 Å². The molecule has 2 heterocycles. The molecule has 4 nitrogen and oxygen atoms in total. The van der Waals surface area contributed by atoms with Gasteiger partial charge in [0.15, 0.2) is 5.82 Å². The zero-order chi connectivity index (χ0) is 12.3. The molecule has 0 aliphatic heterocycles. The molecule has 0 atom stereocenters. The van der Waals surface area contributed by atoms with Crippen molar-refractivity contribution in [3.63, 3.8) is 0 Å². The average Bonchev–Trinajstić information content (AvgIpc) is 2.73. The predicted octanol–water partition coefficient (Wildman–Crippen LogP) is 2.87. The molecule has 0 unspecified atom stereocenters. The number of anilines is 2. The van der Waals surface area contributed by atoms with Gasteiger partial charge < -0.3 is 10.2 Å². The van der Waals surface area contributed by atoms with Gasteiger partial charge in [0.05, 0.1) is 18.4 Å². The standard InChI is InChI=1S/C11H13ClN4S/c1-16(2)11-8(4-3-5-13-11)14-7-10-15-6-9(12)17-10/h3-6,14H,7H2,1-2H3. The van der Waals surface area contributed by atoms with Gasteiger partial charge in [0.1, 0.15) is 9.34 Å². The van der Waals surface area contributed by atoms with Gasteiger partial charge in [0, 0.05) is 20.3 Å². The molecule has 6 heteroatoms. The fourth-order valence-corrected chi connectivity index (χ4v) is 2.33. The summed E-state index contributed by atoms with van der Waals surface area (Å²) in [5.74, 6) is 0.912. The van der Waals surface area contributed by atoms with E-state index in [1.54, 1.807) is 12.4 Å². The molecule has 2 rings (SSSR count). The highest BCUT2D eigenvalue weighted by Gasteiger charge is 2.06. The zero-order valence-corrected chi connectivity index (χ0v) is 11.2. The van der Waals surface area contributed by atoms with Gasteiger partial charge in [-0.15, -0.1) is 11.3 Å². The third-order valence-electron chi connectivity index (χ3n) is 2.17. The SMILES string of the molecule is CN(C)c1ncccc1NCc1ncc(Cl)s1. The minimum absolute atomic E-state index is 0.657. The molecule has 0 fully saturated rings. The zero-order valence-electron chi connectivity index (χ0n) is 9.64. The number of halogens is 1. The second kappa shape index (κ2) is 5.33. The van der Waals surface area contributed by atoms with Gasteiger partial charge in [0.2, 0.25) is 0 Å². The van der Waals surface area contributed by atoms with Crippen molar-refractivity contribution in [2.75, 3.05) is 24.3 Å². The van der Waals surface area contributed by atoms with Crippen molar-refractivity contribution in [2.24, 2.45) is 0 Å². The number of hydrogen-bond donors (Lipinski definition) is 1. The Hall–Kier alpha value is -1.33. The van der Waals surface area contributed by atoms with Gasteiger partial charge in [-0.25, -0.2) is 9.97 Å². The van der Waals surface area contributed by atoms with Crippen molar-refractivity contribution in [1.29, 1.82) is 0 Å². The summed E-state index contributed by atoms with van der Waals surface area (Å²) in [6.45, 7) is 0.657. The van der Waals surface area contributed by atoms with Crippen LogP contribution in [0.5, 0.6) is 0 Å².